The summed E-state index contributed by atoms with van der Waals surface area (Å²) in [6.07, 6.45) is 7.90. The van der Waals surface area contributed by atoms with Crippen molar-refractivity contribution in [3.8, 4) is 11.5 Å². The lowest BCUT2D eigenvalue weighted by atomic mass is 10.1. The SMILES string of the molecule is CC(C)=CCCC(C)=CCCC(C)=C(O)CP(=O)(O)O.CC(C)C(=O)Nc1cccc(C(=O)O)c1.O=C(O)CCCOc1ccccc1.O=C(O)c1cc([N+](=O)[O-])c(O)c([N+](=O)[O-])c1. The molecule has 0 unspecified atom stereocenters. The zero-order valence-corrected chi connectivity index (χ0v) is 37.2. The van der Waals surface area contributed by atoms with Crippen molar-refractivity contribution < 1.29 is 73.6 Å². The molecule has 20 nitrogen and oxygen atoms in total. The van der Waals surface area contributed by atoms with Crippen LogP contribution >= 0.6 is 7.60 Å². The largest absolute Gasteiger partial charge is 0.512 e. The molecule has 21 heteroatoms. The van der Waals surface area contributed by atoms with E-state index in [4.69, 9.17) is 34.9 Å². The standard InChI is InChI=1S/C15H27O4P.C11H13NO3.C10H12O3.C7H4N2O7/c1-12(2)7-5-8-13(3)9-6-10-14(4)15(16)11-20(17,18)19;1-7(2)10(13)12-9-5-3-4-8(6-9)11(14)15;11-10(12)7-4-8-13-9-5-2-1-3-6-9;10-6-4(8(13)14)1-3(7(11)12)2-5(6)9(15)16/h7,9,16H,5-6,8,10-11H2,1-4H3,(H2,17,18,19);3-7H,1-2H3,(H,12,13)(H,14,15);1-3,5-6H,4,7-8H2,(H,11,12);1-2,10H,(H,11,12). The highest BCUT2D eigenvalue weighted by Crippen LogP contribution is 2.37. The summed E-state index contributed by atoms with van der Waals surface area (Å²) in [5, 5.41) is 67.8. The number of para-hydroxylation sites is 1. The van der Waals surface area contributed by atoms with Gasteiger partial charge in [0.1, 0.15) is 17.7 Å². The third-order valence-corrected chi connectivity index (χ3v) is 8.82. The number of rotatable bonds is 19. The van der Waals surface area contributed by atoms with E-state index in [1.54, 1.807) is 32.9 Å². The first kappa shape index (κ1) is 57.1. The minimum absolute atomic E-state index is 0.126. The minimum Gasteiger partial charge on any atom is -0.512 e. The fourth-order valence-electron chi connectivity index (χ4n) is 4.65. The number of nitro groups is 2. The Labute approximate surface area is 369 Å². The number of amides is 1. The van der Waals surface area contributed by atoms with Crippen LogP contribution in [0.25, 0.3) is 0 Å². The number of anilines is 1. The van der Waals surface area contributed by atoms with E-state index in [1.807, 2.05) is 30.3 Å². The Kier molecular flexibility index (Phi) is 26.3. The quantitative estimate of drug-likeness (QED) is 0.0139. The summed E-state index contributed by atoms with van der Waals surface area (Å²) >= 11 is 0. The minimum atomic E-state index is -4.18. The van der Waals surface area contributed by atoms with Gasteiger partial charge in [-0.2, -0.15) is 0 Å². The van der Waals surface area contributed by atoms with Crippen LogP contribution in [-0.2, 0) is 14.2 Å². The van der Waals surface area contributed by atoms with Gasteiger partial charge in [-0.25, -0.2) is 9.59 Å². The molecule has 0 heterocycles. The van der Waals surface area contributed by atoms with E-state index in [-0.39, 0.29) is 29.6 Å². The summed E-state index contributed by atoms with van der Waals surface area (Å²) in [7, 11) is -4.18. The number of phenols is 1. The summed E-state index contributed by atoms with van der Waals surface area (Å²) in [5.41, 5.74) is 1.24. The number of carboxylic acid groups (broad SMARTS) is 3. The van der Waals surface area contributed by atoms with Crippen molar-refractivity contribution in [1.82, 2.24) is 0 Å². The van der Waals surface area contributed by atoms with Gasteiger partial charge in [-0.05, 0) is 95.7 Å². The van der Waals surface area contributed by atoms with Crippen molar-refractivity contribution in [2.75, 3.05) is 18.1 Å². The molecule has 0 radical (unpaired) electrons. The topological polar surface area (TPSA) is 334 Å². The van der Waals surface area contributed by atoms with Crippen molar-refractivity contribution in [2.24, 2.45) is 5.92 Å². The normalized spacial score (nSPS) is 11.1. The Morgan fingerprint density at radius 1 is 0.766 bits per heavy atom. The van der Waals surface area contributed by atoms with E-state index in [1.165, 1.54) is 23.3 Å². The highest BCUT2D eigenvalue weighted by molar-refractivity contribution is 7.52. The monoisotopic (exact) mass is 917 g/mol. The molecule has 8 N–H and O–H groups in total. The zero-order valence-electron chi connectivity index (χ0n) is 36.3. The number of hydrogen-bond donors (Lipinski definition) is 8. The van der Waals surface area contributed by atoms with Crippen LogP contribution in [0.4, 0.5) is 17.1 Å². The van der Waals surface area contributed by atoms with E-state index in [0.29, 0.717) is 42.8 Å². The predicted octanol–water partition coefficient (Wildman–Crippen LogP) is 9.29. The molecule has 0 spiro atoms. The Bertz CT molecular complexity index is 2160. The number of allylic oxidation sites excluding steroid dienone is 6. The smallest absolute Gasteiger partial charge is 0.336 e. The lowest BCUT2D eigenvalue weighted by molar-refractivity contribution is -0.396. The van der Waals surface area contributed by atoms with Crippen molar-refractivity contribution in [2.45, 2.75) is 80.1 Å². The van der Waals surface area contributed by atoms with E-state index < -0.39 is 64.2 Å². The zero-order chi connectivity index (χ0) is 49.2. The Balaban J connectivity index is 0.000000835. The molecule has 0 bridgehead atoms. The lowest BCUT2D eigenvalue weighted by Gasteiger charge is -2.07. The molecule has 0 aliphatic rings. The number of hydrogen-bond acceptors (Lipinski definition) is 12. The Hall–Kier alpha value is -6.89. The first-order chi connectivity index (χ1) is 29.7. The van der Waals surface area contributed by atoms with Crippen LogP contribution < -0.4 is 10.1 Å². The van der Waals surface area contributed by atoms with Gasteiger partial charge in [0.15, 0.2) is 0 Å². The summed E-state index contributed by atoms with van der Waals surface area (Å²) in [6, 6.07) is 16.6. The van der Waals surface area contributed by atoms with Crippen LogP contribution in [-0.4, -0.2) is 81.7 Å². The highest BCUT2D eigenvalue weighted by atomic mass is 31.2. The number of carbonyl (C=O) groups excluding carboxylic acids is 1. The summed E-state index contributed by atoms with van der Waals surface area (Å²) < 4.78 is 16.1. The molecule has 3 rings (SSSR count). The second-order valence-corrected chi connectivity index (χ2v) is 16.0. The third-order valence-electron chi connectivity index (χ3n) is 8.11. The molecule has 350 valence electrons. The number of nitro benzene ring substituents is 2. The number of phenolic OH excluding ortho intramolecular Hbond substituents is 1. The van der Waals surface area contributed by atoms with Gasteiger partial charge in [0, 0.05) is 30.2 Å². The molecule has 0 saturated heterocycles. The number of aromatic hydroxyl groups is 1. The van der Waals surface area contributed by atoms with Crippen molar-refractivity contribution >= 4 is 48.5 Å². The summed E-state index contributed by atoms with van der Waals surface area (Å²) in [5.74, 6) is -4.17. The molecule has 1 amide bonds. The van der Waals surface area contributed by atoms with Gasteiger partial charge < -0.3 is 45.4 Å². The molecular weight excluding hydrogens is 861 g/mol. The van der Waals surface area contributed by atoms with Gasteiger partial charge in [0.2, 0.25) is 5.91 Å². The van der Waals surface area contributed by atoms with E-state index in [0.717, 1.165) is 25.0 Å². The number of aliphatic carboxylic acids is 1. The fraction of sp³-hybridized carbons (Fsp3) is 0.349. The molecule has 0 aliphatic heterocycles. The third kappa shape index (κ3) is 25.8. The first-order valence-electron chi connectivity index (χ1n) is 19.4. The molecule has 64 heavy (non-hydrogen) atoms. The van der Waals surface area contributed by atoms with Crippen molar-refractivity contribution in [3.05, 3.63) is 133 Å². The maximum atomic E-state index is 11.3. The van der Waals surface area contributed by atoms with Crippen LogP contribution in [0, 0.1) is 26.1 Å². The van der Waals surface area contributed by atoms with Crippen LogP contribution in [0.5, 0.6) is 11.5 Å². The van der Waals surface area contributed by atoms with Gasteiger partial charge in [-0.15, -0.1) is 0 Å². The maximum Gasteiger partial charge on any atom is 0.336 e. The Morgan fingerprint density at radius 3 is 1.78 bits per heavy atom. The molecule has 3 aromatic carbocycles. The Morgan fingerprint density at radius 2 is 1.31 bits per heavy atom. The van der Waals surface area contributed by atoms with Crippen molar-refractivity contribution in [3.63, 3.8) is 0 Å². The fourth-order valence-corrected chi connectivity index (χ4v) is 5.31. The number of ether oxygens (including phenoxy) is 1. The lowest BCUT2D eigenvalue weighted by Crippen LogP contribution is -2.17. The number of aliphatic hydroxyl groups excluding tert-OH is 1. The van der Waals surface area contributed by atoms with Gasteiger partial charge in [-0.3, -0.25) is 34.4 Å². The number of nitrogens with one attached hydrogen (secondary N) is 1. The molecule has 0 fully saturated rings. The number of aromatic carboxylic acids is 2. The number of nitrogens with zero attached hydrogens (tertiary/aromatic N) is 2. The van der Waals surface area contributed by atoms with Gasteiger partial charge in [0.05, 0.1) is 27.6 Å². The predicted molar refractivity (Wildman–Crippen MR) is 238 cm³/mol. The van der Waals surface area contributed by atoms with Gasteiger partial charge in [-0.1, -0.05) is 61.4 Å². The molecule has 0 saturated carbocycles. The van der Waals surface area contributed by atoms with E-state index in [2.05, 4.69) is 38.2 Å². The summed E-state index contributed by atoms with van der Waals surface area (Å²) in [4.78, 5) is 78.9. The summed E-state index contributed by atoms with van der Waals surface area (Å²) in [6.45, 7) is 11.9. The molecule has 3 aromatic rings. The number of carbonyl (C=O) groups is 4. The number of aliphatic hydroxyl groups is 1. The van der Waals surface area contributed by atoms with Crippen LogP contribution in [0.3, 0.4) is 0 Å². The molecule has 0 atom stereocenters. The number of carboxylic acids is 3. The van der Waals surface area contributed by atoms with Crippen molar-refractivity contribution in [1.29, 1.82) is 0 Å². The second-order valence-electron chi connectivity index (χ2n) is 14.3. The average Bonchev–Trinajstić information content (AvgIpc) is 3.19. The van der Waals surface area contributed by atoms with Gasteiger partial charge in [0.25, 0.3) is 5.75 Å². The van der Waals surface area contributed by atoms with Crippen LogP contribution in [0.2, 0.25) is 0 Å². The molecular formula is C43H56N3O17P. The molecule has 0 aromatic heterocycles. The maximum absolute atomic E-state index is 11.3. The van der Waals surface area contributed by atoms with Gasteiger partial charge >= 0.3 is 36.9 Å². The van der Waals surface area contributed by atoms with Crippen LogP contribution in [0.1, 0.15) is 101 Å². The highest BCUT2D eigenvalue weighted by Gasteiger charge is 2.28. The first-order valence-corrected chi connectivity index (χ1v) is 21.2. The van der Waals surface area contributed by atoms with E-state index in [9.17, 15) is 49.1 Å². The number of benzene rings is 3. The van der Waals surface area contributed by atoms with Crippen LogP contribution in [0.15, 0.2) is 101 Å². The second kappa shape index (κ2) is 29.4. The average molecular weight is 918 g/mol. The van der Waals surface area contributed by atoms with E-state index >= 15 is 0 Å². The molecule has 0 aliphatic carbocycles.